The van der Waals surface area contributed by atoms with Crippen molar-refractivity contribution >= 4 is 21.8 Å². The quantitative estimate of drug-likeness (QED) is 0.606. The van der Waals surface area contributed by atoms with Crippen molar-refractivity contribution in [1.29, 1.82) is 0 Å². The Labute approximate surface area is 87.3 Å². The molecule has 1 fully saturated rings. The number of carbonyl (C=O) groups is 1. The highest BCUT2D eigenvalue weighted by atomic mass is 79.9. The molecule has 0 radical (unpaired) electrons. The van der Waals surface area contributed by atoms with Gasteiger partial charge in [0.1, 0.15) is 6.10 Å². The topological polar surface area (TPSA) is 38.3 Å². The van der Waals surface area contributed by atoms with Crippen molar-refractivity contribution in [3.8, 4) is 0 Å². The standard InChI is InChI=1S/C9H16BrNO2/c10-5-3-6-11-9(12)8-4-1-2-7-13-8/h8H,1-7H2,(H,11,12). The van der Waals surface area contributed by atoms with Crippen LogP contribution in [0.4, 0.5) is 0 Å². The maximum absolute atomic E-state index is 11.4. The second-order valence-electron chi connectivity index (χ2n) is 3.19. The fourth-order valence-electron chi connectivity index (χ4n) is 1.34. The molecule has 1 rings (SSSR count). The van der Waals surface area contributed by atoms with Crippen LogP contribution in [0, 0.1) is 0 Å². The summed E-state index contributed by atoms with van der Waals surface area (Å²) in [4.78, 5) is 11.4. The van der Waals surface area contributed by atoms with Gasteiger partial charge in [0.25, 0.3) is 0 Å². The van der Waals surface area contributed by atoms with Gasteiger partial charge in [-0.1, -0.05) is 15.9 Å². The van der Waals surface area contributed by atoms with Gasteiger partial charge < -0.3 is 10.1 Å². The molecule has 1 amide bonds. The zero-order valence-electron chi connectivity index (χ0n) is 7.72. The van der Waals surface area contributed by atoms with E-state index in [1.54, 1.807) is 0 Å². The van der Waals surface area contributed by atoms with E-state index >= 15 is 0 Å². The summed E-state index contributed by atoms with van der Waals surface area (Å²) in [6.45, 7) is 1.47. The molecule has 0 aromatic carbocycles. The van der Waals surface area contributed by atoms with Crippen LogP contribution >= 0.6 is 15.9 Å². The van der Waals surface area contributed by atoms with Gasteiger partial charge in [0, 0.05) is 18.5 Å². The Hall–Kier alpha value is -0.0900. The first-order valence-corrected chi connectivity index (χ1v) is 5.92. The molecule has 1 heterocycles. The van der Waals surface area contributed by atoms with Gasteiger partial charge in [-0.3, -0.25) is 4.79 Å². The number of ether oxygens (including phenoxy) is 1. The average Bonchev–Trinajstić information content (AvgIpc) is 2.19. The van der Waals surface area contributed by atoms with Crippen LogP contribution in [0.25, 0.3) is 0 Å². The van der Waals surface area contributed by atoms with Crippen molar-refractivity contribution in [2.45, 2.75) is 31.8 Å². The Morgan fingerprint density at radius 2 is 2.38 bits per heavy atom. The van der Waals surface area contributed by atoms with Crippen molar-refractivity contribution in [3.05, 3.63) is 0 Å². The van der Waals surface area contributed by atoms with Crippen molar-refractivity contribution in [1.82, 2.24) is 5.32 Å². The van der Waals surface area contributed by atoms with Gasteiger partial charge in [-0.15, -0.1) is 0 Å². The third-order valence-electron chi connectivity index (χ3n) is 2.08. The Balaban J connectivity index is 2.13. The van der Waals surface area contributed by atoms with E-state index in [2.05, 4.69) is 21.2 Å². The number of alkyl halides is 1. The fourth-order valence-corrected chi connectivity index (χ4v) is 1.62. The SMILES string of the molecule is O=C(NCCCBr)C1CCCCO1. The Morgan fingerprint density at radius 1 is 1.54 bits per heavy atom. The van der Waals surface area contributed by atoms with E-state index in [9.17, 15) is 4.79 Å². The maximum atomic E-state index is 11.4. The summed E-state index contributed by atoms with van der Waals surface area (Å²) in [5.74, 6) is 0.0562. The van der Waals surface area contributed by atoms with Crippen molar-refractivity contribution in [3.63, 3.8) is 0 Å². The van der Waals surface area contributed by atoms with Crippen LogP contribution in [0.3, 0.4) is 0 Å². The Morgan fingerprint density at radius 3 is 3.00 bits per heavy atom. The van der Waals surface area contributed by atoms with Crippen LogP contribution in [-0.4, -0.2) is 30.5 Å². The molecule has 0 aromatic heterocycles. The normalized spacial score (nSPS) is 22.7. The highest BCUT2D eigenvalue weighted by Gasteiger charge is 2.20. The van der Waals surface area contributed by atoms with E-state index in [1.165, 1.54) is 0 Å². The molecule has 3 nitrogen and oxygen atoms in total. The lowest BCUT2D eigenvalue weighted by atomic mass is 10.1. The molecule has 0 aromatic rings. The molecule has 13 heavy (non-hydrogen) atoms. The third kappa shape index (κ3) is 4.09. The molecule has 1 aliphatic heterocycles. The van der Waals surface area contributed by atoms with Gasteiger partial charge in [0.15, 0.2) is 0 Å². The molecular formula is C9H16BrNO2. The predicted octanol–water partition coefficient (Wildman–Crippen LogP) is 1.46. The van der Waals surface area contributed by atoms with Gasteiger partial charge in [0.05, 0.1) is 0 Å². The molecule has 1 aliphatic rings. The van der Waals surface area contributed by atoms with E-state index in [1.807, 2.05) is 0 Å². The monoisotopic (exact) mass is 249 g/mol. The number of rotatable bonds is 4. The van der Waals surface area contributed by atoms with E-state index in [-0.39, 0.29) is 12.0 Å². The summed E-state index contributed by atoms with van der Waals surface area (Å²) in [5, 5.41) is 3.79. The molecule has 4 heteroatoms. The molecular weight excluding hydrogens is 234 g/mol. The number of carbonyl (C=O) groups excluding carboxylic acids is 1. The van der Waals surface area contributed by atoms with E-state index in [0.29, 0.717) is 0 Å². The van der Waals surface area contributed by atoms with Crippen molar-refractivity contribution in [2.24, 2.45) is 0 Å². The second kappa shape index (κ2) is 6.38. The molecule has 0 saturated carbocycles. The van der Waals surface area contributed by atoms with E-state index in [4.69, 9.17) is 4.74 Å². The van der Waals surface area contributed by atoms with Crippen LogP contribution in [0.2, 0.25) is 0 Å². The van der Waals surface area contributed by atoms with Gasteiger partial charge in [-0.25, -0.2) is 0 Å². The lowest BCUT2D eigenvalue weighted by molar-refractivity contribution is -0.135. The zero-order chi connectivity index (χ0) is 9.52. The summed E-state index contributed by atoms with van der Waals surface area (Å²) in [5.41, 5.74) is 0. The van der Waals surface area contributed by atoms with Crippen LogP contribution < -0.4 is 5.32 Å². The minimum Gasteiger partial charge on any atom is -0.368 e. The molecule has 0 aliphatic carbocycles. The van der Waals surface area contributed by atoms with Gasteiger partial charge >= 0.3 is 0 Å². The number of amides is 1. The number of hydrogen-bond acceptors (Lipinski definition) is 2. The second-order valence-corrected chi connectivity index (χ2v) is 3.98. The minimum absolute atomic E-state index is 0.0562. The lowest BCUT2D eigenvalue weighted by Crippen LogP contribution is -2.38. The number of hydrogen-bond donors (Lipinski definition) is 1. The highest BCUT2D eigenvalue weighted by Crippen LogP contribution is 2.12. The molecule has 0 spiro atoms. The first-order valence-electron chi connectivity index (χ1n) is 4.80. The molecule has 1 N–H and O–H groups in total. The smallest absolute Gasteiger partial charge is 0.249 e. The average molecular weight is 250 g/mol. The predicted molar refractivity (Wildman–Crippen MR) is 55.0 cm³/mol. The van der Waals surface area contributed by atoms with Gasteiger partial charge in [-0.05, 0) is 25.7 Å². The fraction of sp³-hybridized carbons (Fsp3) is 0.889. The third-order valence-corrected chi connectivity index (χ3v) is 2.64. The summed E-state index contributed by atoms with van der Waals surface area (Å²) in [6.07, 6.45) is 3.85. The van der Waals surface area contributed by atoms with E-state index < -0.39 is 0 Å². The molecule has 0 bridgehead atoms. The number of nitrogens with one attached hydrogen (secondary N) is 1. The van der Waals surface area contributed by atoms with Gasteiger partial charge in [0.2, 0.25) is 5.91 Å². The van der Waals surface area contributed by atoms with Crippen LogP contribution in [-0.2, 0) is 9.53 Å². The van der Waals surface area contributed by atoms with Crippen molar-refractivity contribution < 1.29 is 9.53 Å². The maximum Gasteiger partial charge on any atom is 0.249 e. The largest absolute Gasteiger partial charge is 0.368 e. The van der Waals surface area contributed by atoms with Crippen LogP contribution in [0.5, 0.6) is 0 Å². The molecule has 1 atom stereocenters. The van der Waals surface area contributed by atoms with Crippen LogP contribution in [0.1, 0.15) is 25.7 Å². The summed E-state index contributed by atoms with van der Waals surface area (Å²) < 4.78 is 5.35. The van der Waals surface area contributed by atoms with Gasteiger partial charge in [-0.2, -0.15) is 0 Å². The molecule has 1 saturated heterocycles. The lowest BCUT2D eigenvalue weighted by Gasteiger charge is -2.21. The van der Waals surface area contributed by atoms with Crippen LogP contribution in [0.15, 0.2) is 0 Å². The Kier molecular flexibility index (Phi) is 5.39. The molecule has 76 valence electrons. The first-order chi connectivity index (χ1) is 6.34. The summed E-state index contributed by atoms with van der Waals surface area (Å²) in [6, 6.07) is 0. The summed E-state index contributed by atoms with van der Waals surface area (Å²) >= 11 is 3.31. The Bertz CT molecular complexity index is 158. The number of halogens is 1. The minimum atomic E-state index is -0.191. The van der Waals surface area contributed by atoms with E-state index in [0.717, 1.165) is 44.2 Å². The highest BCUT2D eigenvalue weighted by molar-refractivity contribution is 9.09. The van der Waals surface area contributed by atoms with Crippen molar-refractivity contribution in [2.75, 3.05) is 18.5 Å². The summed E-state index contributed by atoms with van der Waals surface area (Å²) in [7, 11) is 0. The first kappa shape index (κ1) is 11.0. The molecule has 1 unspecified atom stereocenters. The zero-order valence-corrected chi connectivity index (χ0v) is 9.31.